The van der Waals surface area contributed by atoms with Crippen molar-refractivity contribution in [2.45, 2.75) is 32.4 Å². The van der Waals surface area contributed by atoms with Crippen LogP contribution in [0.4, 0.5) is 0 Å². The second kappa shape index (κ2) is 12.5. The lowest BCUT2D eigenvalue weighted by molar-refractivity contribution is -0.144. The molecule has 12 heteroatoms. The molecular weight excluding hydrogens is 468 g/mol. The number of fused-ring (bicyclic) bond motifs is 4. The summed E-state index contributed by atoms with van der Waals surface area (Å²) in [5, 5.41) is 28.6. The number of aliphatic hydroxyl groups excluding tert-OH is 1. The summed E-state index contributed by atoms with van der Waals surface area (Å²) < 4.78 is 0. The second-order valence-corrected chi connectivity index (χ2v) is 8.99. The number of pyridine rings is 2. The number of carbonyl (C=O) groups excluding carboxylic acids is 1. The van der Waals surface area contributed by atoms with Crippen LogP contribution in [0.1, 0.15) is 22.8 Å². The number of nitrogens with zero attached hydrogens (tertiary/aromatic N) is 6. The maximum Gasteiger partial charge on any atom is 0.323 e. The lowest BCUT2D eigenvalue weighted by Crippen LogP contribution is -2.44. The predicted octanol–water partition coefficient (Wildman–Crippen LogP) is -0.328. The molecule has 4 bridgehead atoms. The van der Waals surface area contributed by atoms with Crippen molar-refractivity contribution in [3.05, 3.63) is 59.2 Å². The molecule has 0 aromatic carbocycles. The van der Waals surface area contributed by atoms with Gasteiger partial charge in [0.05, 0.1) is 35.9 Å². The van der Waals surface area contributed by atoms with E-state index in [1.165, 1.54) is 16.8 Å². The van der Waals surface area contributed by atoms with Crippen LogP contribution in [0.2, 0.25) is 0 Å². The Morgan fingerprint density at radius 1 is 0.833 bits per heavy atom. The van der Waals surface area contributed by atoms with Crippen molar-refractivity contribution < 1.29 is 29.7 Å². The SMILES string of the molecule is CN(CC(=O)O)C(=O)CN1Cc2cccc(n2)CN(CC(O)N(C)CC(=O)O)Cc2cccc(n2)C1. The maximum atomic E-state index is 12.6. The fraction of sp³-hybridized carbons (Fsp3) is 0.458. The van der Waals surface area contributed by atoms with E-state index in [-0.39, 0.29) is 32.1 Å². The largest absolute Gasteiger partial charge is 0.480 e. The van der Waals surface area contributed by atoms with Crippen molar-refractivity contribution in [3.63, 3.8) is 0 Å². The van der Waals surface area contributed by atoms with Gasteiger partial charge in [0, 0.05) is 39.8 Å². The van der Waals surface area contributed by atoms with Crippen molar-refractivity contribution in [2.24, 2.45) is 0 Å². The van der Waals surface area contributed by atoms with Gasteiger partial charge < -0.3 is 20.2 Å². The first kappa shape index (κ1) is 27.1. The number of rotatable bonds is 9. The molecule has 0 fully saturated rings. The zero-order valence-electron chi connectivity index (χ0n) is 20.4. The van der Waals surface area contributed by atoms with Crippen LogP contribution in [-0.2, 0) is 40.6 Å². The average molecular weight is 501 g/mol. The van der Waals surface area contributed by atoms with Crippen LogP contribution in [0.3, 0.4) is 0 Å². The van der Waals surface area contributed by atoms with Gasteiger partial charge in [0.15, 0.2) is 0 Å². The molecule has 194 valence electrons. The van der Waals surface area contributed by atoms with Crippen LogP contribution in [0.15, 0.2) is 36.4 Å². The number of aromatic nitrogens is 2. The number of hydrogen-bond acceptors (Lipinski definition) is 9. The van der Waals surface area contributed by atoms with E-state index in [4.69, 9.17) is 20.2 Å². The quantitative estimate of drug-likeness (QED) is 0.388. The van der Waals surface area contributed by atoms with E-state index >= 15 is 0 Å². The molecule has 1 atom stereocenters. The highest BCUT2D eigenvalue weighted by Crippen LogP contribution is 2.15. The minimum atomic E-state index is -1.08. The van der Waals surface area contributed by atoms with Crippen LogP contribution >= 0.6 is 0 Å². The number of likely N-dealkylation sites (N-methyl/N-ethyl adjacent to an activating group) is 2. The topological polar surface area (TPSA) is 151 Å². The van der Waals surface area contributed by atoms with E-state index in [1.807, 2.05) is 46.2 Å². The van der Waals surface area contributed by atoms with Gasteiger partial charge in [0.2, 0.25) is 5.91 Å². The molecule has 36 heavy (non-hydrogen) atoms. The molecular formula is C24H32N6O6. The fourth-order valence-corrected chi connectivity index (χ4v) is 3.97. The Balaban J connectivity index is 1.84. The number of β-amino-alcohol motifs (C(OH)–C–C–N with tert-alkyl or cyclic N) is 1. The van der Waals surface area contributed by atoms with E-state index in [2.05, 4.69) is 0 Å². The fourth-order valence-electron chi connectivity index (χ4n) is 3.97. The van der Waals surface area contributed by atoms with Crippen molar-refractivity contribution in [3.8, 4) is 0 Å². The van der Waals surface area contributed by atoms with Crippen molar-refractivity contribution in [1.82, 2.24) is 29.6 Å². The number of carboxylic acids is 2. The molecule has 0 saturated heterocycles. The molecule has 0 radical (unpaired) electrons. The zero-order chi connectivity index (χ0) is 26.2. The summed E-state index contributed by atoms with van der Waals surface area (Å²) in [6, 6.07) is 11.2. The van der Waals surface area contributed by atoms with E-state index in [0.717, 1.165) is 22.8 Å². The Morgan fingerprint density at radius 3 is 1.72 bits per heavy atom. The van der Waals surface area contributed by atoms with Gasteiger partial charge >= 0.3 is 11.9 Å². The standard InChI is InChI=1S/C24H32N6O6/c1-27(15-23(33)34)21(31)13-29-9-17-5-3-7-19(25-17)11-30(14-22(32)28(2)16-24(35)36)12-20-8-4-6-18(10-29)26-20/h3-8,21,31H,9-16H2,1-2H3,(H,33,34)(H,35,36). The molecule has 0 aliphatic carbocycles. The second-order valence-electron chi connectivity index (χ2n) is 8.99. The van der Waals surface area contributed by atoms with Gasteiger partial charge in [-0.25, -0.2) is 0 Å². The highest BCUT2D eigenvalue weighted by Gasteiger charge is 2.22. The minimum absolute atomic E-state index is 0.00975. The lowest BCUT2D eigenvalue weighted by Gasteiger charge is -2.30. The highest BCUT2D eigenvalue weighted by atomic mass is 16.4. The molecule has 3 heterocycles. The van der Waals surface area contributed by atoms with E-state index < -0.39 is 18.2 Å². The van der Waals surface area contributed by atoms with E-state index in [0.29, 0.717) is 26.2 Å². The monoisotopic (exact) mass is 500 g/mol. The summed E-state index contributed by atoms with van der Waals surface area (Å²) in [7, 11) is 3.01. The van der Waals surface area contributed by atoms with Gasteiger partial charge in [-0.2, -0.15) is 0 Å². The zero-order valence-corrected chi connectivity index (χ0v) is 20.4. The van der Waals surface area contributed by atoms with Crippen molar-refractivity contribution in [2.75, 3.05) is 40.3 Å². The normalized spacial score (nSPS) is 15.6. The number of aliphatic hydroxyl groups is 1. The molecule has 3 N–H and O–H groups in total. The molecule has 3 rings (SSSR count). The highest BCUT2D eigenvalue weighted by molar-refractivity contribution is 5.82. The van der Waals surface area contributed by atoms with E-state index in [9.17, 15) is 19.5 Å². The third-order valence-corrected chi connectivity index (χ3v) is 5.74. The van der Waals surface area contributed by atoms with Crippen molar-refractivity contribution >= 4 is 17.8 Å². The first-order valence-electron chi connectivity index (χ1n) is 11.5. The molecule has 0 spiro atoms. The molecule has 2 aromatic heterocycles. The molecule has 12 nitrogen and oxygen atoms in total. The third-order valence-electron chi connectivity index (χ3n) is 5.74. The molecule has 1 aliphatic heterocycles. The van der Waals surface area contributed by atoms with Crippen molar-refractivity contribution in [1.29, 1.82) is 0 Å². The van der Waals surface area contributed by atoms with Gasteiger partial charge in [-0.15, -0.1) is 0 Å². The Bertz CT molecular complexity index is 1030. The smallest absolute Gasteiger partial charge is 0.323 e. The van der Waals surface area contributed by atoms with Crippen LogP contribution in [0.5, 0.6) is 0 Å². The summed E-state index contributed by atoms with van der Waals surface area (Å²) in [4.78, 5) is 50.5. The van der Waals surface area contributed by atoms with Gasteiger partial charge in [0.25, 0.3) is 0 Å². The molecule has 2 aromatic rings. The van der Waals surface area contributed by atoms with E-state index in [1.54, 1.807) is 7.05 Å². The van der Waals surface area contributed by atoms with Gasteiger partial charge in [0.1, 0.15) is 12.8 Å². The predicted molar refractivity (Wildman–Crippen MR) is 128 cm³/mol. The number of carbonyl (C=O) groups is 3. The lowest BCUT2D eigenvalue weighted by atomic mass is 10.2. The minimum Gasteiger partial charge on any atom is -0.480 e. The Labute approximate surface area is 209 Å². The first-order valence-corrected chi connectivity index (χ1v) is 11.5. The van der Waals surface area contributed by atoms with Crippen LogP contribution in [-0.4, -0.2) is 109 Å². The molecule has 1 amide bonds. The van der Waals surface area contributed by atoms with Gasteiger partial charge in [-0.05, 0) is 31.3 Å². The average Bonchev–Trinajstić information content (AvgIpc) is 2.78. The number of carboxylic acid groups (broad SMARTS) is 2. The third kappa shape index (κ3) is 8.34. The molecule has 1 unspecified atom stereocenters. The first-order chi connectivity index (χ1) is 17.1. The van der Waals surface area contributed by atoms with Crippen LogP contribution in [0, 0.1) is 0 Å². The summed E-state index contributed by atoms with van der Waals surface area (Å²) in [6.45, 7) is 1.06. The number of hydrogen-bond donors (Lipinski definition) is 3. The summed E-state index contributed by atoms with van der Waals surface area (Å²) in [6.07, 6.45) is -0.996. The Morgan fingerprint density at radius 2 is 1.28 bits per heavy atom. The molecule has 1 aliphatic rings. The van der Waals surface area contributed by atoms with Gasteiger partial charge in [-0.1, -0.05) is 12.1 Å². The number of aliphatic carboxylic acids is 2. The summed E-state index contributed by atoms with van der Waals surface area (Å²) >= 11 is 0. The van der Waals surface area contributed by atoms with Crippen LogP contribution < -0.4 is 0 Å². The van der Waals surface area contributed by atoms with Crippen LogP contribution in [0.25, 0.3) is 0 Å². The van der Waals surface area contributed by atoms with Gasteiger partial charge in [-0.3, -0.25) is 39.1 Å². The number of amides is 1. The Hall–Kier alpha value is -3.45. The summed E-state index contributed by atoms with van der Waals surface area (Å²) in [5.41, 5.74) is 2.99. The maximum absolute atomic E-state index is 12.6. The molecule has 0 saturated carbocycles. The Kier molecular flexibility index (Phi) is 9.42. The summed E-state index contributed by atoms with van der Waals surface area (Å²) in [5.74, 6) is -2.42.